The van der Waals surface area contributed by atoms with E-state index in [9.17, 15) is 9.59 Å². The second kappa shape index (κ2) is 7.69. The minimum Gasteiger partial charge on any atom is -0.350 e. The van der Waals surface area contributed by atoms with Crippen LogP contribution in [0.15, 0.2) is 36.4 Å². The maximum absolute atomic E-state index is 12.9. The first-order chi connectivity index (χ1) is 13.2. The second-order valence-electron chi connectivity index (χ2n) is 7.64. The zero-order valence-electron chi connectivity index (χ0n) is 15.8. The standard InChI is InChI=1S/C22H27N3O2/c1-2-25-11-5-8-18(25)14-23-22(27)19-12-16-6-3-4-7-17(16)13-20(19)24-21(26)15-9-10-15/h3-4,6-7,12-13,15,18H,2,5,8-11,14H2,1H3,(H,23,27)(H,24,26)/t18-/m1/s1. The Labute approximate surface area is 160 Å². The molecule has 1 aliphatic carbocycles. The maximum atomic E-state index is 12.9. The third kappa shape index (κ3) is 3.98. The van der Waals surface area contributed by atoms with Crippen molar-refractivity contribution in [2.24, 2.45) is 5.92 Å². The van der Waals surface area contributed by atoms with Crippen molar-refractivity contribution in [2.75, 3.05) is 25.0 Å². The van der Waals surface area contributed by atoms with E-state index in [1.54, 1.807) is 0 Å². The molecule has 2 aromatic carbocycles. The van der Waals surface area contributed by atoms with Gasteiger partial charge >= 0.3 is 0 Å². The van der Waals surface area contributed by atoms with E-state index in [0.29, 0.717) is 23.8 Å². The molecular formula is C22H27N3O2. The van der Waals surface area contributed by atoms with Crippen molar-refractivity contribution >= 4 is 28.3 Å². The van der Waals surface area contributed by atoms with Crippen molar-refractivity contribution in [2.45, 2.75) is 38.6 Å². The van der Waals surface area contributed by atoms with Crippen LogP contribution in [-0.2, 0) is 4.79 Å². The van der Waals surface area contributed by atoms with E-state index < -0.39 is 0 Å². The molecule has 1 heterocycles. The number of fused-ring (bicyclic) bond motifs is 1. The summed E-state index contributed by atoms with van der Waals surface area (Å²) in [4.78, 5) is 27.6. The summed E-state index contributed by atoms with van der Waals surface area (Å²) >= 11 is 0. The van der Waals surface area contributed by atoms with E-state index in [1.807, 2.05) is 36.4 Å². The van der Waals surface area contributed by atoms with Crippen molar-refractivity contribution in [3.63, 3.8) is 0 Å². The fourth-order valence-electron chi connectivity index (χ4n) is 3.96. The van der Waals surface area contributed by atoms with Crippen LogP contribution < -0.4 is 10.6 Å². The summed E-state index contributed by atoms with van der Waals surface area (Å²) in [5, 5.41) is 8.10. The van der Waals surface area contributed by atoms with Crippen LogP contribution in [0.1, 0.15) is 43.0 Å². The Hall–Kier alpha value is -2.40. The second-order valence-corrected chi connectivity index (χ2v) is 7.64. The fourth-order valence-corrected chi connectivity index (χ4v) is 3.96. The molecule has 4 rings (SSSR count). The van der Waals surface area contributed by atoms with E-state index in [0.717, 1.165) is 43.1 Å². The van der Waals surface area contributed by atoms with Crippen molar-refractivity contribution in [1.82, 2.24) is 10.2 Å². The molecular weight excluding hydrogens is 338 g/mol. The van der Waals surface area contributed by atoms with Gasteiger partial charge < -0.3 is 10.6 Å². The number of anilines is 1. The molecule has 0 unspecified atom stereocenters. The van der Waals surface area contributed by atoms with Gasteiger partial charge in [-0.1, -0.05) is 31.2 Å². The summed E-state index contributed by atoms with van der Waals surface area (Å²) in [6.45, 7) is 4.93. The number of hydrogen-bond donors (Lipinski definition) is 2. The first-order valence-electron chi connectivity index (χ1n) is 10.0. The molecule has 2 aliphatic rings. The Kier molecular flexibility index (Phi) is 5.12. The van der Waals surface area contributed by atoms with Gasteiger partial charge in [0.25, 0.3) is 5.91 Å². The van der Waals surface area contributed by atoms with Gasteiger partial charge in [-0.15, -0.1) is 0 Å². The summed E-state index contributed by atoms with van der Waals surface area (Å²) in [6, 6.07) is 12.1. The number of carbonyl (C=O) groups excluding carboxylic acids is 2. The Morgan fingerprint density at radius 1 is 1.11 bits per heavy atom. The minimum atomic E-state index is -0.116. The van der Waals surface area contributed by atoms with Crippen molar-refractivity contribution < 1.29 is 9.59 Å². The molecule has 5 heteroatoms. The van der Waals surface area contributed by atoms with E-state index in [4.69, 9.17) is 0 Å². The molecule has 1 atom stereocenters. The summed E-state index contributed by atoms with van der Waals surface area (Å²) < 4.78 is 0. The zero-order chi connectivity index (χ0) is 18.8. The smallest absolute Gasteiger partial charge is 0.253 e. The predicted octanol–water partition coefficient (Wildman–Crippen LogP) is 3.40. The van der Waals surface area contributed by atoms with Gasteiger partial charge in [-0.25, -0.2) is 0 Å². The topological polar surface area (TPSA) is 61.4 Å². The molecule has 142 valence electrons. The monoisotopic (exact) mass is 365 g/mol. The predicted molar refractivity (Wildman–Crippen MR) is 108 cm³/mol. The number of benzene rings is 2. The lowest BCUT2D eigenvalue weighted by Crippen LogP contribution is -2.40. The summed E-state index contributed by atoms with van der Waals surface area (Å²) in [5.41, 5.74) is 1.16. The highest BCUT2D eigenvalue weighted by molar-refractivity contribution is 6.08. The normalized spacial score (nSPS) is 20.0. The molecule has 2 amide bonds. The molecule has 1 saturated carbocycles. The molecule has 2 fully saturated rings. The summed E-state index contributed by atoms with van der Waals surface area (Å²) in [7, 11) is 0. The molecule has 0 bridgehead atoms. The number of amides is 2. The number of hydrogen-bond acceptors (Lipinski definition) is 3. The Morgan fingerprint density at radius 2 is 1.85 bits per heavy atom. The lowest BCUT2D eigenvalue weighted by Gasteiger charge is -2.23. The van der Waals surface area contributed by atoms with Crippen LogP contribution in [0, 0.1) is 5.92 Å². The Bertz CT molecular complexity index is 860. The lowest BCUT2D eigenvalue weighted by molar-refractivity contribution is -0.117. The average Bonchev–Trinajstić information content (AvgIpc) is 3.44. The van der Waals surface area contributed by atoms with Gasteiger partial charge in [0.1, 0.15) is 0 Å². The number of nitrogens with one attached hydrogen (secondary N) is 2. The van der Waals surface area contributed by atoms with E-state index in [2.05, 4.69) is 22.5 Å². The van der Waals surface area contributed by atoms with Gasteiger partial charge in [0, 0.05) is 18.5 Å². The number of likely N-dealkylation sites (N-methyl/N-ethyl adjacent to an activating group) is 1. The molecule has 5 nitrogen and oxygen atoms in total. The molecule has 0 aromatic heterocycles. The Balaban J connectivity index is 1.56. The first-order valence-corrected chi connectivity index (χ1v) is 10.0. The number of carbonyl (C=O) groups is 2. The minimum absolute atomic E-state index is 0.0206. The quantitative estimate of drug-likeness (QED) is 0.825. The third-order valence-corrected chi connectivity index (χ3v) is 5.74. The molecule has 0 radical (unpaired) electrons. The van der Waals surface area contributed by atoms with Gasteiger partial charge in [-0.3, -0.25) is 14.5 Å². The van der Waals surface area contributed by atoms with Crippen molar-refractivity contribution in [3.05, 3.63) is 42.0 Å². The van der Waals surface area contributed by atoms with Crippen molar-refractivity contribution in [3.8, 4) is 0 Å². The molecule has 2 N–H and O–H groups in total. The molecule has 0 spiro atoms. The van der Waals surface area contributed by atoms with Gasteiger partial charge in [0.2, 0.25) is 5.91 Å². The van der Waals surface area contributed by atoms with E-state index in [1.165, 1.54) is 6.42 Å². The van der Waals surface area contributed by atoms with Crippen LogP contribution in [0.25, 0.3) is 10.8 Å². The number of likely N-dealkylation sites (tertiary alicyclic amines) is 1. The third-order valence-electron chi connectivity index (χ3n) is 5.74. The van der Waals surface area contributed by atoms with Crippen molar-refractivity contribution in [1.29, 1.82) is 0 Å². The highest BCUT2D eigenvalue weighted by atomic mass is 16.2. The number of rotatable bonds is 6. The summed E-state index contributed by atoms with van der Waals surface area (Å²) in [5.74, 6) is 0.00562. The van der Waals surface area contributed by atoms with Crippen LogP contribution in [-0.4, -0.2) is 42.4 Å². The van der Waals surface area contributed by atoms with Gasteiger partial charge in [-0.2, -0.15) is 0 Å². The molecule has 2 aromatic rings. The largest absolute Gasteiger partial charge is 0.350 e. The Morgan fingerprint density at radius 3 is 2.56 bits per heavy atom. The average molecular weight is 365 g/mol. The first kappa shape index (κ1) is 18.0. The van der Waals surface area contributed by atoms with Crippen LogP contribution in [0.3, 0.4) is 0 Å². The lowest BCUT2D eigenvalue weighted by atomic mass is 10.0. The fraction of sp³-hybridized carbons (Fsp3) is 0.455. The van der Waals surface area contributed by atoms with Gasteiger partial charge in [0.05, 0.1) is 11.3 Å². The molecule has 27 heavy (non-hydrogen) atoms. The number of nitrogens with zero attached hydrogens (tertiary/aromatic N) is 1. The van der Waals surface area contributed by atoms with E-state index >= 15 is 0 Å². The van der Waals surface area contributed by atoms with Gasteiger partial charge in [0.15, 0.2) is 0 Å². The van der Waals surface area contributed by atoms with Crippen LogP contribution in [0.5, 0.6) is 0 Å². The highest BCUT2D eigenvalue weighted by Gasteiger charge is 2.30. The summed E-state index contributed by atoms with van der Waals surface area (Å²) in [6.07, 6.45) is 4.19. The van der Waals surface area contributed by atoms with Crippen LogP contribution in [0.4, 0.5) is 5.69 Å². The van der Waals surface area contributed by atoms with Crippen LogP contribution >= 0.6 is 0 Å². The van der Waals surface area contributed by atoms with Crippen LogP contribution in [0.2, 0.25) is 0 Å². The highest BCUT2D eigenvalue weighted by Crippen LogP contribution is 2.32. The molecule has 1 aliphatic heterocycles. The maximum Gasteiger partial charge on any atom is 0.253 e. The SMILES string of the molecule is CCN1CCC[C@@H]1CNC(=O)c1cc2ccccc2cc1NC(=O)C1CC1. The van der Waals surface area contributed by atoms with E-state index in [-0.39, 0.29) is 17.7 Å². The zero-order valence-corrected chi connectivity index (χ0v) is 15.8. The molecule has 1 saturated heterocycles. The van der Waals surface area contributed by atoms with Gasteiger partial charge in [-0.05, 0) is 61.7 Å².